The molecule has 0 saturated heterocycles. The Labute approximate surface area is 173 Å². The summed E-state index contributed by atoms with van der Waals surface area (Å²) in [6, 6.07) is 8.83. The van der Waals surface area contributed by atoms with Gasteiger partial charge in [0.15, 0.2) is 0 Å². The first-order valence-corrected chi connectivity index (χ1v) is 10.7. The molecule has 0 saturated carbocycles. The van der Waals surface area contributed by atoms with Crippen LogP contribution in [0.25, 0.3) is 0 Å². The fourth-order valence-electron chi connectivity index (χ4n) is 2.57. The van der Waals surface area contributed by atoms with Crippen molar-refractivity contribution >= 4 is 39.0 Å². The lowest BCUT2D eigenvalue weighted by Gasteiger charge is -2.25. The second-order valence-electron chi connectivity index (χ2n) is 6.51. The molecule has 0 radical (unpaired) electrons. The van der Waals surface area contributed by atoms with Crippen molar-refractivity contribution in [1.82, 2.24) is 0 Å². The lowest BCUT2D eigenvalue weighted by Crippen LogP contribution is -2.52. The van der Waals surface area contributed by atoms with Crippen molar-refractivity contribution in [2.45, 2.75) is 18.9 Å². The van der Waals surface area contributed by atoms with Crippen molar-refractivity contribution in [2.24, 2.45) is 0 Å². The number of nitrogens with one attached hydrogen (secondary N) is 2. The first kappa shape index (κ1) is 23.1. The summed E-state index contributed by atoms with van der Waals surface area (Å²) in [6.45, 7) is 1.44. The smallest absolute Gasteiger partial charge is 0.348 e. The molecule has 11 heteroatoms. The van der Waals surface area contributed by atoms with Crippen LogP contribution < -0.4 is 15.8 Å². The van der Waals surface area contributed by atoms with E-state index in [1.54, 1.807) is 0 Å². The normalized spacial score (nSPS) is 13.2. The van der Waals surface area contributed by atoms with Crippen LogP contribution >= 0.6 is 0 Å². The van der Waals surface area contributed by atoms with Gasteiger partial charge in [-0.3, -0.25) is 9.52 Å². The highest BCUT2D eigenvalue weighted by atomic mass is 32.2. The number of hydrogen-bond acceptors (Lipinski definition) is 7. The summed E-state index contributed by atoms with van der Waals surface area (Å²) in [4.78, 5) is 25.1. The fraction of sp³-hybridized carbons (Fsp3) is 0.263. The molecule has 0 fully saturated rings. The molecule has 30 heavy (non-hydrogen) atoms. The van der Waals surface area contributed by atoms with E-state index >= 15 is 0 Å². The Balaban J connectivity index is 2.29. The minimum Gasteiger partial charge on any atom is -0.463 e. The molecule has 9 nitrogen and oxygen atoms in total. The molecule has 0 aliphatic rings. The first-order chi connectivity index (χ1) is 13.9. The summed E-state index contributed by atoms with van der Waals surface area (Å²) in [7, 11) is -3.53. The van der Waals surface area contributed by atoms with Crippen LogP contribution in [-0.2, 0) is 30.8 Å². The quantitative estimate of drug-likeness (QED) is 0.275. The minimum absolute atomic E-state index is 0.00927. The van der Waals surface area contributed by atoms with Crippen LogP contribution in [0.3, 0.4) is 0 Å². The highest BCUT2D eigenvalue weighted by molar-refractivity contribution is 7.92. The molecule has 0 heterocycles. The van der Waals surface area contributed by atoms with E-state index in [0.29, 0.717) is 5.56 Å². The highest BCUT2D eigenvalue weighted by Gasteiger charge is 2.46. The topological polar surface area (TPSA) is 148 Å². The number of nitrogens with two attached hydrogens (primary N) is 1. The zero-order chi connectivity index (χ0) is 22.5. The number of sulfonamides is 1. The lowest BCUT2D eigenvalue weighted by molar-refractivity contribution is -0.169. The number of esters is 1. The average molecular weight is 439 g/mol. The van der Waals surface area contributed by atoms with Gasteiger partial charge in [0.1, 0.15) is 5.82 Å². The maximum atomic E-state index is 13.1. The van der Waals surface area contributed by atoms with Crippen LogP contribution in [0.4, 0.5) is 21.5 Å². The number of anilines is 3. The fourth-order valence-corrected chi connectivity index (χ4v) is 3.13. The number of ether oxygens (including phenoxy) is 1. The first-order valence-electron chi connectivity index (χ1n) is 8.77. The van der Waals surface area contributed by atoms with Crippen molar-refractivity contribution in [2.75, 3.05) is 28.6 Å². The van der Waals surface area contributed by atoms with Gasteiger partial charge in [-0.2, -0.15) is 0 Å². The molecule has 0 aliphatic carbocycles. The summed E-state index contributed by atoms with van der Waals surface area (Å²) in [6.07, 6.45) is 0.499. The van der Waals surface area contributed by atoms with Gasteiger partial charge in [-0.25, -0.2) is 17.6 Å². The molecular formula is C19H22FN3O6S. The predicted molar refractivity (Wildman–Crippen MR) is 110 cm³/mol. The van der Waals surface area contributed by atoms with Gasteiger partial charge in [-0.1, -0.05) is 12.1 Å². The van der Waals surface area contributed by atoms with E-state index in [-0.39, 0.29) is 23.7 Å². The number of nitrogen functional groups attached to an aromatic ring is 1. The predicted octanol–water partition coefficient (Wildman–Crippen LogP) is 1.25. The molecule has 1 unspecified atom stereocenters. The average Bonchev–Trinajstić information content (AvgIpc) is 2.64. The number of carbonyl (C=O) groups is 2. The molecule has 2 rings (SSSR count). The third kappa shape index (κ3) is 5.91. The van der Waals surface area contributed by atoms with E-state index in [1.807, 2.05) is 0 Å². The Morgan fingerprint density at radius 3 is 2.37 bits per heavy atom. The lowest BCUT2D eigenvalue weighted by atomic mass is 9.93. The molecule has 162 valence electrons. The van der Waals surface area contributed by atoms with Gasteiger partial charge >= 0.3 is 5.97 Å². The van der Waals surface area contributed by atoms with Gasteiger partial charge in [0.05, 0.1) is 29.9 Å². The van der Waals surface area contributed by atoms with Crippen LogP contribution in [-0.4, -0.2) is 43.9 Å². The van der Waals surface area contributed by atoms with E-state index in [9.17, 15) is 27.5 Å². The summed E-state index contributed by atoms with van der Waals surface area (Å²) >= 11 is 0. The molecule has 0 aliphatic heterocycles. The number of hydrogen-bond donors (Lipinski definition) is 4. The minimum atomic E-state index is -3.53. The maximum absolute atomic E-state index is 13.1. The molecule has 5 N–H and O–H groups in total. The Morgan fingerprint density at radius 2 is 1.83 bits per heavy atom. The molecule has 0 aromatic heterocycles. The monoisotopic (exact) mass is 439 g/mol. The Morgan fingerprint density at radius 1 is 1.20 bits per heavy atom. The van der Waals surface area contributed by atoms with Crippen molar-refractivity contribution in [3.8, 4) is 0 Å². The Bertz CT molecular complexity index is 1040. The second-order valence-corrected chi connectivity index (χ2v) is 8.26. The molecule has 0 bridgehead atoms. The number of carbonyl (C=O) groups excluding carboxylic acids is 2. The zero-order valence-corrected chi connectivity index (χ0v) is 17.1. The standard InChI is InChI=1S/C19H22FN3O6S/c1-3-29-18(25)19(26,11-12-4-6-13(20)7-5-12)17(24)22-16-9-8-14(10-15(16)21)23-30(2,27)28/h4-10,23,26H,3,11,21H2,1-2H3,(H,22,24). The third-order valence-corrected chi connectivity index (χ3v) is 4.57. The Kier molecular flexibility index (Phi) is 7.00. The van der Waals surface area contributed by atoms with E-state index in [1.165, 1.54) is 37.3 Å². The number of halogens is 1. The summed E-state index contributed by atoms with van der Waals surface area (Å²) in [5.74, 6) is -2.81. The SMILES string of the molecule is CCOC(=O)C(O)(Cc1ccc(F)cc1)C(=O)Nc1ccc(NS(C)(=O)=O)cc1N. The van der Waals surface area contributed by atoms with Crippen LogP contribution in [0.2, 0.25) is 0 Å². The number of rotatable bonds is 8. The molecule has 2 aromatic rings. The van der Waals surface area contributed by atoms with Gasteiger partial charge in [0, 0.05) is 6.42 Å². The van der Waals surface area contributed by atoms with Crippen molar-refractivity contribution in [3.63, 3.8) is 0 Å². The van der Waals surface area contributed by atoms with E-state index in [4.69, 9.17) is 10.5 Å². The van der Waals surface area contributed by atoms with Gasteiger partial charge in [-0.15, -0.1) is 0 Å². The molecule has 1 atom stereocenters. The number of benzene rings is 2. The van der Waals surface area contributed by atoms with Crippen molar-refractivity contribution in [1.29, 1.82) is 0 Å². The van der Waals surface area contributed by atoms with Gasteiger partial charge in [0.2, 0.25) is 15.6 Å². The van der Waals surface area contributed by atoms with E-state index in [0.717, 1.165) is 18.4 Å². The number of amides is 1. The Hall–Kier alpha value is -3.18. The summed E-state index contributed by atoms with van der Waals surface area (Å²) in [5.41, 5.74) is 3.76. The van der Waals surface area contributed by atoms with E-state index < -0.39 is 39.7 Å². The van der Waals surface area contributed by atoms with Crippen molar-refractivity contribution in [3.05, 3.63) is 53.8 Å². The molecule has 2 aromatic carbocycles. The molecule has 0 spiro atoms. The maximum Gasteiger partial charge on any atom is 0.348 e. The molecule has 1 amide bonds. The zero-order valence-electron chi connectivity index (χ0n) is 16.3. The van der Waals surface area contributed by atoms with Crippen LogP contribution in [0, 0.1) is 5.82 Å². The number of aliphatic hydroxyl groups is 1. The van der Waals surface area contributed by atoms with Crippen molar-refractivity contribution < 1.29 is 32.2 Å². The summed E-state index contributed by atoms with van der Waals surface area (Å²) < 4.78 is 42.8. The second kappa shape index (κ2) is 9.09. The van der Waals surface area contributed by atoms with E-state index in [2.05, 4.69) is 10.0 Å². The largest absolute Gasteiger partial charge is 0.463 e. The highest BCUT2D eigenvalue weighted by Crippen LogP contribution is 2.26. The van der Waals surface area contributed by atoms with Gasteiger partial charge < -0.3 is 20.9 Å². The van der Waals surface area contributed by atoms with Crippen LogP contribution in [0.15, 0.2) is 42.5 Å². The van der Waals surface area contributed by atoms with Gasteiger partial charge in [0.25, 0.3) is 5.91 Å². The molecular weight excluding hydrogens is 417 g/mol. The summed E-state index contributed by atoms with van der Waals surface area (Å²) in [5, 5.41) is 13.2. The van der Waals surface area contributed by atoms with Crippen LogP contribution in [0.1, 0.15) is 12.5 Å². The van der Waals surface area contributed by atoms with Crippen LogP contribution in [0.5, 0.6) is 0 Å². The van der Waals surface area contributed by atoms with Gasteiger partial charge in [-0.05, 0) is 42.8 Å². The third-order valence-electron chi connectivity index (χ3n) is 3.96.